The van der Waals surface area contributed by atoms with E-state index in [1.54, 1.807) is 48.5 Å². The van der Waals surface area contributed by atoms with E-state index < -0.39 is 5.82 Å². The molecule has 1 amide bonds. The maximum Gasteiger partial charge on any atom is 0.253 e. The first-order chi connectivity index (χ1) is 16.6. The third kappa shape index (κ3) is 4.02. The van der Waals surface area contributed by atoms with Gasteiger partial charge in [0.2, 0.25) is 5.95 Å². The molecule has 2 aromatic carbocycles. The summed E-state index contributed by atoms with van der Waals surface area (Å²) in [5.74, 6) is 0.451. The number of fused-ring (bicyclic) bond motifs is 1. The summed E-state index contributed by atoms with van der Waals surface area (Å²) in [4.78, 5) is 22.0. The monoisotopic (exact) mass is 458 g/mol. The standard InChI is InChI=1S/C27H27FN4O2/c1-34-20-11-9-19(10-12-20)27(13-3-2-4-14-27)18-31-25(33)21-17-32(26-29-15-6-16-30-26)23-8-5-7-22(28)24(21)23/h5-12,15-17H,2-4,13-14,18H2,1H3,(H,31,33). The van der Waals surface area contributed by atoms with Gasteiger partial charge in [0.25, 0.3) is 5.91 Å². The van der Waals surface area contributed by atoms with Crippen LogP contribution < -0.4 is 10.1 Å². The second-order valence-electron chi connectivity index (χ2n) is 8.85. The van der Waals surface area contributed by atoms with Gasteiger partial charge < -0.3 is 10.1 Å². The van der Waals surface area contributed by atoms with Gasteiger partial charge in [-0.2, -0.15) is 0 Å². The first-order valence-corrected chi connectivity index (χ1v) is 11.6. The molecule has 1 N–H and O–H groups in total. The molecule has 2 heterocycles. The Morgan fingerprint density at radius 3 is 2.50 bits per heavy atom. The quantitative estimate of drug-likeness (QED) is 0.431. The normalized spacial score (nSPS) is 15.2. The number of hydrogen-bond donors (Lipinski definition) is 1. The van der Waals surface area contributed by atoms with E-state index in [0.717, 1.165) is 31.4 Å². The minimum absolute atomic E-state index is 0.153. The van der Waals surface area contributed by atoms with E-state index in [9.17, 15) is 9.18 Å². The molecule has 4 aromatic rings. The van der Waals surface area contributed by atoms with Crippen molar-refractivity contribution >= 4 is 16.8 Å². The zero-order chi connectivity index (χ0) is 23.5. The van der Waals surface area contributed by atoms with Crippen molar-refractivity contribution in [2.45, 2.75) is 37.5 Å². The second kappa shape index (κ2) is 9.25. The summed E-state index contributed by atoms with van der Waals surface area (Å²) in [6, 6.07) is 14.6. The van der Waals surface area contributed by atoms with Crippen LogP contribution in [-0.4, -0.2) is 34.1 Å². The molecule has 6 nitrogen and oxygen atoms in total. The van der Waals surface area contributed by atoms with Gasteiger partial charge >= 0.3 is 0 Å². The maximum absolute atomic E-state index is 14.9. The fourth-order valence-electron chi connectivity index (χ4n) is 5.08. The van der Waals surface area contributed by atoms with Crippen LogP contribution in [0.4, 0.5) is 4.39 Å². The Balaban J connectivity index is 1.47. The van der Waals surface area contributed by atoms with E-state index in [1.165, 1.54) is 18.1 Å². The van der Waals surface area contributed by atoms with Gasteiger partial charge in [0, 0.05) is 35.9 Å². The average Bonchev–Trinajstić information content (AvgIpc) is 3.30. The molecule has 1 fully saturated rings. The lowest BCUT2D eigenvalue weighted by atomic mass is 9.69. The van der Waals surface area contributed by atoms with Crippen LogP contribution in [0.25, 0.3) is 16.9 Å². The topological polar surface area (TPSA) is 69.0 Å². The van der Waals surface area contributed by atoms with E-state index in [-0.39, 0.29) is 22.3 Å². The van der Waals surface area contributed by atoms with Gasteiger partial charge in [-0.3, -0.25) is 9.36 Å². The largest absolute Gasteiger partial charge is 0.497 e. The molecule has 0 radical (unpaired) electrons. The van der Waals surface area contributed by atoms with Crippen LogP contribution in [0.2, 0.25) is 0 Å². The van der Waals surface area contributed by atoms with Crippen molar-refractivity contribution < 1.29 is 13.9 Å². The maximum atomic E-state index is 14.9. The van der Waals surface area contributed by atoms with Crippen molar-refractivity contribution in [1.82, 2.24) is 19.9 Å². The van der Waals surface area contributed by atoms with Crippen LogP contribution in [0.15, 0.2) is 67.1 Å². The second-order valence-corrected chi connectivity index (χ2v) is 8.85. The van der Waals surface area contributed by atoms with Gasteiger partial charge in [-0.25, -0.2) is 14.4 Å². The average molecular weight is 459 g/mol. The van der Waals surface area contributed by atoms with Gasteiger partial charge in [-0.15, -0.1) is 0 Å². The molecule has 0 atom stereocenters. The van der Waals surface area contributed by atoms with Crippen molar-refractivity contribution in [3.05, 3.63) is 84.1 Å². The number of carbonyl (C=O) groups excluding carboxylic acids is 1. The number of carbonyl (C=O) groups is 1. The third-order valence-electron chi connectivity index (χ3n) is 6.89. The van der Waals surface area contributed by atoms with Crippen molar-refractivity contribution in [3.63, 3.8) is 0 Å². The van der Waals surface area contributed by atoms with Gasteiger partial charge in [0.1, 0.15) is 11.6 Å². The van der Waals surface area contributed by atoms with Crippen LogP contribution >= 0.6 is 0 Å². The number of benzene rings is 2. The molecule has 5 rings (SSSR count). The first-order valence-electron chi connectivity index (χ1n) is 11.6. The van der Waals surface area contributed by atoms with Crippen LogP contribution in [-0.2, 0) is 5.41 Å². The Morgan fingerprint density at radius 2 is 1.79 bits per heavy atom. The number of rotatable bonds is 6. The van der Waals surface area contributed by atoms with Crippen molar-refractivity contribution in [2.24, 2.45) is 0 Å². The number of nitrogens with one attached hydrogen (secondary N) is 1. The third-order valence-corrected chi connectivity index (χ3v) is 6.89. The van der Waals surface area contributed by atoms with E-state index >= 15 is 0 Å². The summed E-state index contributed by atoms with van der Waals surface area (Å²) in [6.45, 7) is 0.487. The minimum Gasteiger partial charge on any atom is -0.497 e. The highest BCUT2D eigenvalue weighted by Crippen LogP contribution is 2.39. The van der Waals surface area contributed by atoms with Crippen molar-refractivity contribution in [3.8, 4) is 11.7 Å². The van der Waals surface area contributed by atoms with Crippen LogP contribution in [0.5, 0.6) is 5.75 Å². The summed E-state index contributed by atoms with van der Waals surface area (Å²) in [7, 11) is 1.65. The Labute approximate surface area is 197 Å². The Morgan fingerprint density at radius 1 is 1.06 bits per heavy atom. The lowest BCUT2D eigenvalue weighted by Gasteiger charge is -2.38. The number of aromatic nitrogens is 3. The molecule has 0 aliphatic heterocycles. The van der Waals surface area contributed by atoms with Gasteiger partial charge in [0.15, 0.2) is 0 Å². The van der Waals surface area contributed by atoms with Gasteiger partial charge in [-0.05, 0) is 48.7 Å². The van der Waals surface area contributed by atoms with E-state index in [4.69, 9.17) is 4.74 Å². The number of nitrogens with zero attached hydrogens (tertiary/aromatic N) is 3. The summed E-state index contributed by atoms with van der Waals surface area (Å²) < 4.78 is 21.9. The highest BCUT2D eigenvalue weighted by atomic mass is 19.1. The fourth-order valence-corrected chi connectivity index (χ4v) is 5.08. The molecular formula is C27H27FN4O2. The van der Waals surface area contributed by atoms with E-state index in [0.29, 0.717) is 18.0 Å². The molecule has 0 bridgehead atoms. The molecule has 0 saturated heterocycles. The lowest BCUT2D eigenvalue weighted by Crippen LogP contribution is -2.42. The predicted molar refractivity (Wildman–Crippen MR) is 129 cm³/mol. The molecule has 1 saturated carbocycles. The van der Waals surface area contributed by atoms with E-state index in [1.807, 2.05) is 12.1 Å². The molecular weight excluding hydrogens is 431 g/mol. The molecule has 1 aliphatic rings. The van der Waals surface area contributed by atoms with Crippen molar-refractivity contribution in [2.75, 3.05) is 13.7 Å². The number of halogens is 1. The summed E-state index contributed by atoms with van der Waals surface area (Å²) in [6.07, 6.45) is 10.3. The minimum atomic E-state index is -0.445. The molecule has 7 heteroatoms. The molecule has 0 spiro atoms. The number of methoxy groups -OCH3 is 1. The Bertz CT molecular complexity index is 1300. The fraction of sp³-hybridized carbons (Fsp3) is 0.296. The van der Waals surface area contributed by atoms with Crippen LogP contribution in [0.1, 0.15) is 48.0 Å². The summed E-state index contributed by atoms with van der Waals surface area (Å²) in [5, 5.41) is 3.40. The van der Waals surface area contributed by atoms with Gasteiger partial charge in [-0.1, -0.05) is 37.5 Å². The molecule has 2 aromatic heterocycles. The number of amides is 1. The number of hydrogen-bond acceptors (Lipinski definition) is 4. The zero-order valence-electron chi connectivity index (χ0n) is 19.1. The van der Waals surface area contributed by atoms with Crippen LogP contribution in [0.3, 0.4) is 0 Å². The first kappa shape index (κ1) is 22.1. The smallest absolute Gasteiger partial charge is 0.253 e. The summed E-state index contributed by atoms with van der Waals surface area (Å²) >= 11 is 0. The predicted octanol–water partition coefficient (Wildman–Crippen LogP) is 5.20. The lowest BCUT2D eigenvalue weighted by molar-refractivity contribution is 0.0938. The molecule has 1 aliphatic carbocycles. The van der Waals surface area contributed by atoms with Crippen LogP contribution in [0, 0.1) is 5.82 Å². The SMILES string of the molecule is COc1ccc(C2(CNC(=O)c3cn(-c4ncccn4)c4cccc(F)c34)CCCCC2)cc1. The summed E-state index contributed by atoms with van der Waals surface area (Å²) in [5.41, 5.74) is 1.87. The molecule has 0 unspecified atom stereocenters. The zero-order valence-corrected chi connectivity index (χ0v) is 19.1. The molecule has 174 valence electrons. The highest BCUT2D eigenvalue weighted by Gasteiger charge is 2.34. The highest BCUT2D eigenvalue weighted by molar-refractivity contribution is 6.07. The molecule has 34 heavy (non-hydrogen) atoms. The number of ether oxygens (including phenoxy) is 1. The van der Waals surface area contributed by atoms with Crippen molar-refractivity contribution in [1.29, 1.82) is 0 Å². The Hall–Kier alpha value is -3.74. The van der Waals surface area contributed by atoms with Gasteiger partial charge in [0.05, 0.1) is 18.2 Å². The van der Waals surface area contributed by atoms with E-state index in [2.05, 4.69) is 27.4 Å². The Kier molecular flexibility index (Phi) is 6.01.